The van der Waals surface area contributed by atoms with E-state index in [2.05, 4.69) is 4.99 Å². The van der Waals surface area contributed by atoms with E-state index in [4.69, 9.17) is 9.47 Å². The van der Waals surface area contributed by atoms with Crippen LogP contribution < -0.4 is 15.0 Å². The average molecular weight is 236 g/mol. The lowest BCUT2D eigenvalue weighted by molar-refractivity contribution is 0.351. The Morgan fingerprint density at radius 2 is 2.00 bits per heavy atom. The first-order valence-electron chi connectivity index (χ1n) is 5.13. The normalized spacial score (nSPS) is 12.5. The minimum absolute atomic E-state index is 0.483. The van der Waals surface area contributed by atoms with Crippen LogP contribution in [0, 0.1) is 0 Å². The number of allylic oxidation sites excluding steroid dienone is 2. The van der Waals surface area contributed by atoms with Gasteiger partial charge < -0.3 is 9.47 Å². The average Bonchev–Trinajstić information content (AvgIpc) is 2.37. The Morgan fingerprint density at radius 1 is 1.35 bits per heavy atom. The second kappa shape index (κ2) is 5.89. The van der Waals surface area contributed by atoms with Gasteiger partial charge in [-0.3, -0.25) is 9.36 Å². The molecule has 0 bridgehead atoms. The fraction of sp³-hybridized carbons (Fsp3) is 0.333. The van der Waals surface area contributed by atoms with Gasteiger partial charge in [-0.05, 0) is 13.8 Å². The number of nitrogens with zero attached hydrogens (tertiary/aromatic N) is 2. The van der Waals surface area contributed by atoms with E-state index in [-0.39, 0.29) is 0 Å². The number of ether oxygens (including phenoxy) is 2. The fourth-order valence-corrected chi connectivity index (χ4v) is 1.25. The highest BCUT2D eigenvalue weighted by Crippen LogP contribution is 2.23. The summed E-state index contributed by atoms with van der Waals surface area (Å²) in [5.41, 5.74) is 1.31. The number of hydrogen-bond donors (Lipinski definition) is 0. The molecule has 0 saturated carbocycles. The van der Waals surface area contributed by atoms with Gasteiger partial charge in [-0.15, -0.1) is 0 Å². The summed E-state index contributed by atoms with van der Waals surface area (Å²) in [4.78, 5) is 15.2. The third-order valence-corrected chi connectivity index (χ3v) is 2.29. The van der Waals surface area contributed by atoms with Gasteiger partial charge in [0.25, 0.3) is 0 Å². The molecule has 5 nitrogen and oxygen atoms in total. The fourth-order valence-electron chi connectivity index (χ4n) is 1.25. The van der Waals surface area contributed by atoms with Gasteiger partial charge in [-0.2, -0.15) is 0 Å². The van der Waals surface area contributed by atoms with Crippen LogP contribution in [-0.2, 0) is 4.79 Å². The minimum Gasteiger partial charge on any atom is -0.493 e. The molecule has 0 radical (unpaired) electrons. The number of carbonyl (C=O) groups is 1. The van der Waals surface area contributed by atoms with Crippen LogP contribution in [0.15, 0.2) is 29.0 Å². The Hall–Kier alpha value is -2.04. The predicted octanol–water partition coefficient (Wildman–Crippen LogP) is 1.37. The standard InChI is InChI=1S/C12H16N2O3/c1-5-9(2)13-12-6-10(16-3)11(17-4)7-14(12)8-15/h5-8H,1-4H3/b9-5-,13-12?. The van der Waals surface area contributed by atoms with Gasteiger partial charge in [0.15, 0.2) is 11.5 Å². The maximum Gasteiger partial charge on any atom is 0.219 e. The highest BCUT2D eigenvalue weighted by molar-refractivity contribution is 5.54. The third-order valence-electron chi connectivity index (χ3n) is 2.29. The van der Waals surface area contributed by atoms with E-state index in [0.717, 1.165) is 5.70 Å². The molecule has 0 aromatic carbocycles. The van der Waals surface area contributed by atoms with Crippen LogP contribution in [0.2, 0.25) is 0 Å². The Balaban J connectivity index is 3.49. The van der Waals surface area contributed by atoms with Gasteiger partial charge in [-0.1, -0.05) is 6.08 Å². The van der Waals surface area contributed by atoms with Gasteiger partial charge in [0.05, 0.1) is 20.4 Å². The van der Waals surface area contributed by atoms with Gasteiger partial charge in [0, 0.05) is 11.8 Å². The monoisotopic (exact) mass is 236 g/mol. The van der Waals surface area contributed by atoms with Crippen molar-refractivity contribution >= 4 is 6.41 Å². The van der Waals surface area contributed by atoms with Crippen molar-refractivity contribution in [2.45, 2.75) is 13.8 Å². The number of pyridine rings is 1. The molecular formula is C12H16N2O3. The number of methoxy groups -OCH3 is 2. The minimum atomic E-state index is 0.483. The zero-order valence-corrected chi connectivity index (χ0v) is 10.4. The van der Waals surface area contributed by atoms with Crippen LogP contribution in [0.25, 0.3) is 0 Å². The van der Waals surface area contributed by atoms with E-state index in [0.29, 0.717) is 23.4 Å². The van der Waals surface area contributed by atoms with Crippen molar-refractivity contribution in [3.05, 3.63) is 29.5 Å². The summed E-state index contributed by atoms with van der Waals surface area (Å²) in [5, 5.41) is 0. The molecule has 0 aliphatic rings. The summed E-state index contributed by atoms with van der Waals surface area (Å²) < 4.78 is 11.6. The summed E-state index contributed by atoms with van der Waals surface area (Å²) >= 11 is 0. The van der Waals surface area contributed by atoms with E-state index >= 15 is 0 Å². The maximum absolute atomic E-state index is 11.0. The summed E-state index contributed by atoms with van der Waals surface area (Å²) in [6.45, 7) is 3.73. The zero-order chi connectivity index (χ0) is 12.8. The van der Waals surface area contributed by atoms with Crippen LogP contribution in [0.4, 0.5) is 0 Å². The van der Waals surface area contributed by atoms with Crippen LogP contribution in [0.5, 0.6) is 11.5 Å². The topological polar surface area (TPSA) is 52.8 Å². The Bertz CT molecular complexity index is 501. The molecule has 1 heterocycles. The largest absolute Gasteiger partial charge is 0.493 e. The molecule has 1 aromatic rings. The summed E-state index contributed by atoms with van der Waals surface area (Å²) in [6, 6.07) is 1.65. The Kier molecular flexibility index (Phi) is 4.51. The molecule has 17 heavy (non-hydrogen) atoms. The molecule has 0 spiro atoms. The molecular weight excluding hydrogens is 220 g/mol. The highest BCUT2D eigenvalue weighted by Gasteiger charge is 2.05. The van der Waals surface area contributed by atoms with Crippen molar-refractivity contribution in [2.24, 2.45) is 4.99 Å². The Labute approximate surface area is 100 Å². The summed E-state index contributed by atoms with van der Waals surface area (Å²) in [6.07, 6.45) is 4.06. The molecule has 0 aliphatic carbocycles. The van der Waals surface area contributed by atoms with Crippen LogP contribution in [0.1, 0.15) is 13.8 Å². The summed E-state index contributed by atoms with van der Waals surface area (Å²) in [7, 11) is 3.05. The smallest absolute Gasteiger partial charge is 0.219 e. The van der Waals surface area contributed by atoms with Gasteiger partial charge >= 0.3 is 0 Å². The van der Waals surface area contributed by atoms with E-state index in [1.165, 1.54) is 25.0 Å². The maximum atomic E-state index is 11.0. The van der Waals surface area contributed by atoms with E-state index < -0.39 is 0 Å². The van der Waals surface area contributed by atoms with Crippen LogP contribution in [-0.4, -0.2) is 25.2 Å². The van der Waals surface area contributed by atoms with Crippen LogP contribution in [0.3, 0.4) is 0 Å². The molecule has 0 saturated heterocycles. The number of rotatable bonds is 4. The molecule has 0 N–H and O–H groups in total. The molecule has 0 unspecified atom stereocenters. The van der Waals surface area contributed by atoms with E-state index in [1.807, 2.05) is 19.9 Å². The molecule has 92 valence electrons. The first kappa shape index (κ1) is 13.0. The quantitative estimate of drug-likeness (QED) is 0.742. The molecule has 0 aliphatic heterocycles. The third kappa shape index (κ3) is 2.96. The van der Waals surface area contributed by atoms with Gasteiger partial charge in [-0.25, -0.2) is 4.99 Å². The predicted molar refractivity (Wildman–Crippen MR) is 64.7 cm³/mol. The SMILES string of the molecule is C/C=C(/C)N=c1cc(OC)c(OC)cn1C=O. The first-order valence-corrected chi connectivity index (χ1v) is 5.13. The summed E-state index contributed by atoms with van der Waals surface area (Å²) in [5.74, 6) is 1.02. The van der Waals surface area contributed by atoms with Crippen molar-refractivity contribution in [1.29, 1.82) is 0 Å². The van der Waals surface area contributed by atoms with Gasteiger partial charge in [0.1, 0.15) is 5.49 Å². The number of carbonyl (C=O) groups excluding carboxylic acids is 1. The molecule has 1 rings (SSSR count). The molecule has 0 fully saturated rings. The van der Waals surface area contributed by atoms with Crippen molar-refractivity contribution in [3.8, 4) is 11.5 Å². The van der Waals surface area contributed by atoms with Crippen molar-refractivity contribution in [3.63, 3.8) is 0 Å². The van der Waals surface area contributed by atoms with E-state index in [1.54, 1.807) is 6.07 Å². The van der Waals surface area contributed by atoms with Crippen molar-refractivity contribution in [2.75, 3.05) is 14.2 Å². The highest BCUT2D eigenvalue weighted by atomic mass is 16.5. The number of aromatic nitrogens is 1. The second-order valence-corrected chi connectivity index (χ2v) is 3.32. The first-order chi connectivity index (χ1) is 8.15. The lowest BCUT2D eigenvalue weighted by Crippen LogP contribution is -2.20. The zero-order valence-electron chi connectivity index (χ0n) is 10.4. The molecule has 5 heteroatoms. The molecule has 0 amide bonds. The Morgan fingerprint density at radius 3 is 2.47 bits per heavy atom. The van der Waals surface area contributed by atoms with Crippen molar-refractivity contribution in [1.82, 2.24) is 4.57 Å². The van der Waals surface area contributed by atoms with Gasteiger partial charge in [0.2, 0.25) is 6.41 Å². The lowest BCUT2D eigenvalue weighted by Gasteiger charge is -2.09. The van der Waals surface area contributed by atoms with Crippen molar-refractivity contribution < 1.29 is 14.3 Å². The molecule has 1 aromatic heterocycles. The number of hydrogen-bond acceptors (Lipinski definition) is 4. The van der Waals surface area contributed by atoms with E-state index in [9.17, 15) is 4.79 Å². The lowest BCUT2D eigenvalue weighted by atomic mass is 10.4. The second-order valence-electron chi connectivity index (χ2n) is 3.32. The molecule has 0 atom stereocenters. The van der Waals surface area contributed by atoms with Crippen LogP contribution >= 0.6 is 0 Å².